The molecule has 1 amide bonds. The van der Waals surface area contributed by atoms with Crippen molar-refractivity contribution >= 4 is 5.91 Å². The highest BCUT2D eigenvalue weighted by molar-refractivity contribution is 5.77. The number of carbonyl (C=O) groups excluding carboxylic acids is 1. The van der Waals surface area contributed by atoms with Crippen LogP contribution in [-0.4, -0.2) is 37.7 Å². The lowest BCUT2D eigenvalue weighted by atomic mass is 9.79. The second kappa shape index (κ2) is 8.74. The number of amides is 1. The lowest BCUT2D eigenvalue weighted by molar-refractivity contribution is -0.123. The first-order valence-corrected chi connectivity index (χ1v) is 8.81. The largest absolute Gasteiger partial charge is 0.376 e. The van der Waals surface area contributed by atoms with Crippen LogP contribution in [0.1, 0.15) is 70.6 Å². The molecular weight excluding hydrogens is 264 g/mol. The highest BCUT2D eigenvalue weighted by Crippen LogP contribution is 2.30. The third-order valence-electron chi connectivity index (χ3n) is 5.17. The fourth-order valence-corrected chi connectivity index (χ4v) is 3.76. The zero-order valence-corrected chi connectivity index (χ0v) is 13.6. The van der Waals surface area contributed by atoms with Crippen molar-refractivity contribution in [2.24, 2.45) is 0 Å². The van der Waals surface area contributed by atoms with Crippen molar-refractivity contribution in [2.75, 3.05) is 20.2 Å². The van der Waals surface area contributed by atoms with E-state index in [9.17, 15) is 4.79 Å². The first-order valence-electron chi connectivity index (χ1n) is 8.81. The predicted molar refractivity (Wildman–Crippen MR) is 85.3 cm³/mol. The Bertz CT molecular complexity index is 308. The SMILES string of the molecule is CNC1(CC(=O)NCCOC2CCCCC2)CCCCC1. The first-order chi connectivity index (χ1) is 10.2. The van der Waals surface area contributed by atoms with Crippen LogP contribution < -0.4 is 10.6 Å². The summed E-state index contributed by atoms with van der Waals surface area (Å²) in [4.78, 5) is 12.1. The van der Waals surface area contributed by atoms with Crippen LogP contribution in [0, 0.1) is 0 Å². The van der Waals surface area contributed by atoms with Crippen molar-refractivity contribution in [3.8, 4) is 0 Å². The normalized spacial score (nSPS) is 22.9. The lowest BCUT2D eigenvalue weighted by Crippen LogP contribution is -2.48. The van der Waals surface area contributed by atoms with Gasteiger partial charge in [-0.1, -0.05) is 38.5 Å². The van der Waals surface area contributed by atoms with Crippen molar-refractivity contribution in [2.45, 2.75) is 82.3 Å². The topological polar surface area (TPSA) is 50.4 Å². The number of nitrogens with one attached hydrogen (secondary N) is 2. The van der Waals surface area contributed by atoms with Gasteiger partial charge in [-0.3, -0.25) is 4.79 Å². The summed E-state index contributed by atoms with van der Waals surface area (Å²) in [6.45, 7) is 1.30. The van der Waals surface area contributed by atoms with Crippen LogP contribution >= 0.6 is 0 Å². The van der Waals surface area contributed by atoms with Gasteiger partial charge in [0.25, 0.3) is 0 Å². The maximum atomic E-state index is 12.1. The Labute approximate surface area is 129 Å². The molecule has 0 radical (unpaired) electrons. The minimum Gasteiger partial charge on any atom is -0.376 e. The Morgan fingerprint density at radius 1 is 1.10 bits per heavy atom. The average Bonchev–Trinajstić information content (AvgIpc) is 2.53. The predicted octanol–water partition coefficient (Wildman–Crippen LogP) is 2.76. The Balaban J connectivity index is 1.60. The van der Waals surface area contributed by atoms with Gasteiger partial charge in [0.1, 0.15) is 0 Å². The summed E-state index contributed by atoms with van der Waals surface area (Å²) < 4.78 is 5.84. The molecule has 0 aromatic rings. The average molecular weight is 296 g/mol. The molecule has 0 aromatic heterocycles. The highest BCUT2D eigenvalue weighted by atomic mass is 16.5. The monoisotopic (exact) mass is 296 g/mol. The van der Waals surface area contributed by atoms with Crippen LogP contribution in [0.5, 0.6) is 0 Å². The van der Waals surface area contributed by atoms with Gasteiger partial charge in [-0.2, -0.15) is 0 Å². The zero-order chi connectivity index (χ0) is 15.0. The van der Waals surface area contributed by atoms with E-state index >= 15 is 0 Å². The molecule has 2 aliphatic carbocycles. The van der Waals surface area contributed by atoms with Gasteiger partial charge < -0.3 is 15.4 Å². The molecule has 4 heteroatoms. The summed E-state index contributed by atoms with van der Waals surface area (Å²) in [6, 6.07) is 0. The molecule has 2 rings (SSSR count). The second-order valence-corrected chi connectivity index (χ2v) is 6.75. The summed E-state index contributed by atoms with van der Waals surface area (Å²) >= 11 is 0. The van der Waals surface area contributed by atoms with Crippen LogP contribution in [-0.2, 0) is 9.53 Å². The van der Waals surface area contributed by atoms with E-state index in [1.807, 2.05) is 7.05 Å². The number of ether oxygens (including phenoxy) is 1. The number of rotatable bonds is 7. The van der Waals surface area contributed by atoms with Gasteiger partial charge in [0.15, 0.2) is 0 Å². The minimum absolute atomic E-state index is 0.0343. The molecule has 4 nitrogen and oxygen atoms in total. The fourth-order valence-electron chi connectivity index (χ4n) is 3.76. The van der Waals surface area contributed by atoms with E-state index in [0.717, 1.165) is 12.8 Å². The smallest absolute Gasteiger partial charge is 0.221 e. The van der Waals surface area contributed by atoms with E-state index in [4.69, 9.17) is 4.74 Å². The molecule has 2 saturated carbocycles. The van der Waals surface area contributed by atoms with Gasteiger partial charge in [-0.25, -0.2) is 0 Å². The maximum absolute atomic E-state index is 12.1. The summed E-state index contributed by atoms with van der Waals surface area (Å²) in [5.74, 6) is 0.165. The van der Waals surface area contributed by atoms with E-state index in [0.29, 0.717) is 25.7 Å². The molecule has 2 fully saturated rings. The molecule has 0 aromatic carbocycles. The number of hydrogen-bond donors (Lipinski definition) is 2. The molecule has 0 saturated heterocycles. The standard InChI is InChI=1S/C17H32N2O2/c1-18-17(10-6-3-7-11-17)14-16(20)19-12-13-21-15-8-4-2-5-9-15/h15,18H,2-14H2,1H3,(H,19,20). The molecule has 2 N–H and O–H groups in total. The first kappa shape index (κ1) is 16.8. The molecule has 2 aliphatic rings. The van der Waals surface area contributed by atoms with Crippen LogP contribution in [0.4, 0.5) is 0 Å². The van der Waals surface area contributed by atoms with Gasteiger partial charge >= 0.3 is 0 Å². The Morgan fingerprint density at radius 2 is 1.76 bits per heavy atom. The molecule has 0 aliphatic heterocycles. The maximum Gasteiger partial charge on any atom is 0.221 e. The minimum atomic E-state index is 0.0343. The van der Waals surface area contributed by atoms with Crippen LogP contribution in [0.15, 0.2) is 0 Å². The van der Waals surface area contributed by atoms with Crippen LogP contribution in [0.3, 0.4) is 0 Å². The van der Waals surface area contributed by atoms with Gasteiger partial charge in [0.05, 0.1) is 12.7 Å². The van der Waals surface area contributed by atoms with Crippen molar-refractivity contribution in [1.29, 1.82) is 0 Å². The lowest BCUT2D eigenvalue weighted by Gasteiger charge is -2.36. The van der Waals surface area contributed by atoms with Gasteiger partial charge in [-0.05, 0) is 32.7 Å². The third-order valence-corrected chi connectivity index (χ3v) is 5.17. The van der Waals surface area contributed by atoms with E-state index in [1.165, 1.54) is 51.4 Å². The Kier molecular flexibility index (Phi) is 6.97. The van der Waals surface area contributed by atoms with Crippen molar-refractivity contribution in [1.82, 2.24) is 10.6 Å². The fraction of sp³-hybridized carbons (Fsp3) is 0.941. The molecular formula is C17H32N2O2. The molecule has 0 spiro atoms. The van der Waals surface area contributed by atoms with Gasteiger partial charge in [0.2, 0.25) is 5.91 Å². The Morgan fingerprint density at radius 3 is 2.43 bits per heavy atom. The zero-order valence-electron chi connectivity index (χ0n) is 13.6. The second-order valence-electron chi connectivity index (χ2n) is 6.75. The molecule has 21 heavy (non-hydrogen) atoms. The third kappa shape index (κ3) is 5.59. The van der Waals surface area contributed by atoms with E-state index in [2.05, 4.69) is 10.6 Å². The van der Waals surface area contributed by atoms with E-state index in [1.54, 1.807) is 0 Å². The quantitative estimate of drug-likeness (QED) is 0.710. The van der Waals surface area contributed by atoms with Crippen molar-refractivity contribution < 1.29 is 9.53 Å². The molecule has 0 atom stereocenters. The summed E-state index contributed by atoms with van der Waals surface area (Å²) in [7, 11) is 1.99. The summed E-state index contributed by atoms with van der Waals surface area (Å²) in [5, 5.41) is 6.42. The number of hydrogen-bond acceptors (Lipinski definition) is 3. The highest BCUT2D eigenvalue weighted by Gasteiger charge is 2.32. The van der Waals surface area contributed by atoms with E-state index in [-0.39, 0.29) is 11.4 Å². The summed E-state index contributed by atoms with van der Waals surface area (Å²) in [6.07, 6.45) is 13.4. The molecule has 0 unspecified atom stereocenters. The Hall–Kier alpha value is -0.610. The molecule has 0 bridgehead atoms. The molecule has 122 valence electrons. The van der Waals surface area contributed by atoms with Crippen LogP contribution in [0.25, 0.3) is 0 Å². The van der Waals surface area contributed by atoms with E-state index < -0.39 is 0 Å². The van der Waals surface area contributed by atoms with Crippen molar-refractivity contribution in [3.05, 3.63) is 0 Å². The van der Waals surface area contributed by atoms with Gasteiger partial charge in [-0.15, -0.1) is 0 Å². The van der Waals surface area contributed by atoms with Gasteiger partial charge in [0, 0.05) is 18.5 Å². The summed E-state index contributed by atoms with van der Waals surface area (Å²) in [5.41, 5.74) is 0.0343. The van der Waals surface area contributed by atoms with Crippen molar-refractivity contribution in [3.63, 3.8) is 0 Å². The molecule has 0 heterocycles. The number of carbonyl (C=O) groups is 1. The van der Waals surface area contributed by atoms with Crippen LogP contribution in [0.2, 0.25) is 0 Å².